The molecule has 2 unspecified atom stereocenters. The number of aromatic nitrogens is 2. The molecule has 3 heterocycles. The number of nitrogens with zero attached hydrogens (tertiary/aromatic N) is 4. The van der Waals surface area contributed by atoms with E-state index in [9.17, 15) is 10.1 Å². The normalized spacial score (nSPS) is 16.5. The lowest BCUT2D eigenvalue weighted by molar-refractivity contribution is -0.384. The largest absolute Gasteiger partial charge is 0.351 e. The third kappa shape index (κ3) is 5.29. The molecule has 9 heteroatoms. The maximum Gasteiger partial charge on any atom is 0.269 e. The molecule has 2 aromatic heterocycles. The van der Waals surface area contributed by atoms with Gasteiger partial charge in [-0.1, -0.05) is 30.0 Å². The zero-order chi connectivity index (χ0) is 29.4. The van der Waals surface area contributed by atoms with Gasteiger partial charge in [0, 0.05) is 50.9 Å². The first kappa shape index (κ1) is 27.7. The molecule has 5 aromatic rings. The number of nitrogens with one attached hydrogen (secondary N) is 1. The van der Waals surface area contributed by atoms with Gasteiger partial charge in [-0.15, -0.1) is 0 Å². The average Bonchev–Trinajstić information content (AvgIpc) is 3.48. The number of thiocarbonyl (C=S) groups is 1. The van der Waals surface area contributed by atoms with Crippen LogP contribution in [0.5, 0.6) is 0 Å². The van der Waals surface area contributed by atoms with Crippen LogP contribution in [0.2, 0.25) is 0 Å². The predicted molar refractivity (Wildman–Crippen MR) is 172 cm³/mol. The summed E-state index contributed by atoms with van der Waals surface area (Å²) in [5.74, 6) is 0. The van der Waals surface area contributed by atoms with Gasteiger partial charge < -0.3 is 14.8 Å². The number of hydrogen-bond acceptors (Lipinski definition) is 5. The summed E-state index contributed by atoms with van der Waals surface area (Å²) in [6.45, 7) is 6.42. The quantitative estimate of drug-likeness (QED) is 0.117. The molecule has 210 valence electrons. The van der Waals surface area contributed by atoms with Crippen molar-refractivity contribution in [2.75, 3.05) is 4.90 Å². The van der Waals surface area contributed by atoms with E-state index < -0.39 is 0 Å². The Balaban J connectivity index is 1.37. The summed E-state index contributed by atoms with van der Waals surface area (Å²) in [5.41, 5.74) is 7.83. The highest BCUT2D eigenvalue weighted by molar-refractivity contribution is 7.99. The first-order chi connectivity index (χ1) is 20.3. The minimum Gasteiger partial charge on any atom is -0.351 e. The Labute approximate surface area is 254 Å². The van der Waals surface area contributed by atoms with E-state index in [1.807, 2.05) is 24.4 Å². The molecule has 3 aromatic carbocycles. The minimum absolute atomic E-state index is 0.0833. The van der Waals surface area contributed by atoms with Gasteiger partial charge in [-0.25, -0.2) is 0 Å². The van der Waals surface area contributed by atoms with E-state index in [0.29, 0.717) is 5.11 Å². The predicted octanol–water partition coefficient (Wildman–Crippen LogP) is 8.03. The van der Waals surface area contributed by atoms with E-state index >= 15 is 0 Å². The van der Waals surface area contributed by atoms with Gasteiger partial charge in [-0.3, -0.25) is 15.1 Å². The van der Waals surface area contributed by atoms with Gasteiger partial charge in [0.1, 0.15) is 0 Å². The maximum atomic E-state index is 11.0. The number of benzene rings is 3. The molecule has 0 amide bonds. The number of non-ortho nitro benzene ring substituents is 1. The summed E-state index contributed by atoms with van der Waals surface area (Å²) in [6.07, 6.45) is 1.82. The monoisotopic (exact) mass is 591 g/mol. The van der Waals surface area contributed by atoms with Crippen molar-refractivity contribution in [1.82, 2.24) is 14.9 Å². The Kier molecular flexibility index (Phi) is 7.53. The standard InChI is InChI=1S/C33H29N5O2S2/c1-21-7-6-8-26(19-21)36-22(2)20-29(23(36)3)32-31(30-9-4-5-18-34-30)35-33(41)37(32)24-10-14-27(15-11-24)42-28-16-12-25(13-17-28)38(39)40/h4-20,31-32H,1-3H3,(H,35,41). The van der Waals surface area contributed by atoms with E-state index in [4.69, 9.17) is 17.2 Å². The molecule has 7 nitrogen and oxygen atoms in total. The molecule has 1 N–H and O–H groups in total. The van der Waals surface area contributed by atoms with Crippen molar-refractivity contribution in [3.8, 4) is 5.69 Å². The van der Waals surface area contributed by atoms with Crippen LogP contribution in [0.15, 0.2) is 113 Å². The smallest absolute Gasteiger partial charge is 0.269 e. The summed E-state index contributed by atoms with van der Waals surface area (Å²) < 4.78 is 2.31. The van der Waals surface area contributed by atoms with E-state index in [1.165, 1.54) is 23.3 Å². The molecule has 1 aliphatic rings. The Morgan fingerprint density at radius 1 is 0.881 bits per heavy atom. The Morgan fingerprint density at radius 2 is 1.60 bits per heavy atom. The highest BCUT2D eigenvalue weighted by atomic mass is 32.2. The fourth-order valence-electron chi connectivity index (χ4n) is 5.65. The zero-order valence-corrected chi connectivity index (χ0v) is 25.0. The fourth-order valence-corrected chi connectivity index (χ4v) is 6.81. The second-order valence-corrected chi connectivity index (χ2v) is 11.9. The van der Waals surface area contributed by atoms with E-state index in [0.717, 1.165) is 38.2 Å². The summed E-state index contributed by atoms with van der Waals surface area (Å²) in [4.78, 5) is 19.5. The SMILES string of the molecule is Cc1cccc(-n2c(C)cc(C3C(c4ccccn4)NC(=S)N3c3ccc(Sc4ccc([N+](=O)[O-])cc4)cc3)c2C)c1. The van der Waals surface area contributed by atoms with Crippen molar-refractivity contribution >= 4 is 40.5 Å². The molecule has 0 bridgehead atoms. The van der Waals surface area contributed by atoms with Gasteiger partial charge in [0.25, 0.3) is 5.69 Å². The number of hydrogen-bond donors (Lipinski definition) is 1. The molecule has 0 spiro atoms. The van der Waals surface area contributed by atoms with Gasteiger partial charge in [-0.05, 0) is 111 Å². The summed E-state index contributed by atoms with van der Waals surface area (Å²) >= 11 is 7.52. The lowest BCUT2D eigenvalue weighted by atomic mass is 9.96. The summed E-state index contributed by atoms with van der Waals surface area (Å²) in [7, 11) is 0. The van der Waals surface area contributed by atoms with E-state index in [-0.39, 0.29) is 22.7 Å². The number of rotatable bonds is 7. The fraction of sp³-hybridized carbons (Fsp3) is 0.152. The lowest BCUT2D eigenvalue weighted by Gasteiger charge is -2.28. The molecule has 2 atom stereocenters. The van der Waals surface area contributed by atoms with Crippen LogP contribution in [-0.4, -0.2) is 19.6 Å². The third-order valence-corrected chi connectivity index (χ3v) is 8.88. The minimum atomic E-state index is -0.386. The number of nitro groups is 1. The number of aryl methyl sites for hydroxylation is 2. The first-order valence-corrected chi connectivity index (χ1v) is 14.8. The molecule has 42 heavy (non-hydrogen) atoms. The number of anilines is 1. The molecule has 0 radical (unpaired) electrons. The van der Waals surface area contributed by atoms with Crippen molar-refractivity contribution in [2.24, 2.45) is 0 Å². The van der Waals surface area contributed by atoms with Crippen LogP contribution in [0.4, 0.5) is 11.4 Å². The lowest BCUT2D eigenvalue weighted by Crippen LogP contribution is -2.29. The molecule has 1 aliphatic heterocycles. The van der Waals surface area contributed by atoms with Gasteiger partial charge in [0.05, 0.1) is 22.7 Å². The molecule has 1 fully saturated rings. The highest BCUT2D eigenvalue weighted by Gasteiger charge is 2.42. The topological polar surface area (TPSA) is 76.2 Å². The Morgan fingerprint density at radius 3 is 2.24 bits per heavy atom. The first-order valence-electron chi connectivity index (χ1n) is 13.6. The Bertz CT molecular complexity index is 1770. The van der Waals surface area contributed by atoms with Crippen molar-refractivity contribution < 1.29 is 4.92 Å². The molecular formula is C33H29N5O2S2. The van der Waals surface area contributed by atoms with Crippen LogP contribution >= 0.6 is 24.0 Å². The van der Waals surface area contributed by atoms with Crippen LogP contribution in [0, 0.1) is 30.9 Å². The van der Waals surface area contributed by atoms with Crippen molar-refractivity contribution in [3.05, 3.63) is 142 Å². The van der Waals surface area contributed by atoms with E-state index in [1.54, 1.807) is 23.9 Å². The molecule has 6 rings (SSSR count). The molecule has 0 saturated carbocycles. The van der Waals surface area contributed by atoms with Crippen LogP contribution in [0.3, 0.4) is 0 Å². The second-order valence-electron chi connectivity index (χ2n) is 10.3. The summed E-state index contributed by atoms with van der Waals surface area (Å²) in [5, 5.41) is 15.2. The number of nitro benzene ring substituents is 1. The second kappa shape index (κ2) is 11.4. The van der Waals surface area contributed by atoms with E-state index in [2.05, 4.69) is 90.2 Å². The highest BCUT2D eigenvalue weighted by Crippen LogP contribution is 2.44. The van der Waals surface area contributed by atoms with Gasteiger partial charge in [0.15, 0.2) is 5.11 Å². The molecule has 0 aliphatic carbocycles. The van der Waals surface area contributed by atoms with Crippen LogP contribution in [-0.2, 0) is 0 Å². The van der Waals surface area contributed by atoms with Gasteiger partial charge >= 0.3 is 0 Å². The van der Waals surface area contributed by atoms with Crippen molar-refractivity contribution in [2.45, 2.75) is 42.6 Å². The van der Waals surface area contributed by atoms with Gasteiger partial charge in [-0.2, -0.15) is 0 Å². The average molecular weight is 592 g/mol. The van der Waals surface area contributed by atoms with Crippen molar-refractivity contribution in [3.63, 3.8) is 0 Å². The summed E-state index contributed by atoms with van der Waals surface area (Å²) in [6, 6.07) is 31.4. The van der Waals surface area contributed by atoms with Crippen LogP contribution in [0.25, 0.3) is 5.69 Å². The molecular weight excluding hydrogens is 563 g/mol. The number of pyridine rings is 1. The Hall–Kier alpha value is -4.47. The third-order valence-electron chi connectivity index (χ3n) is 7.55. The van der Waals surface area contributed by atoms with Gasteiger partial charge in [0.2, 0.25) is 0 Å². The van der Waals surface area contributed by atoms with Crippen LogP contribution < -0.4 is 10.2 Å². The zero-order valence-electron chi connectivity index (χ0n) is 23.4. The molecule has 1 saturated heterocycles. The maximum absolute atomic E-state index is 11.0. The van der Waals surface area contributed by atoms with Crippen molar-refractivity contribution in [1.29, 1.82) is 0 Å². The van der Waals surface area contributed by atoms with Crippen LogP contribution in [0.1, 0.15) is 40.3 Å².